The third-order valence-electron chi connectivity index (χ3n) is 1.11. The highest BCUT2D eigenvalue weighted by molar-refractivity contribution is 7.80. The van der Waals surface area contributed by atoms with Crippen LogP contribution in [-0.4, -0.2) is 24.7 Å². The highest BCUT2D eigenvalue weighted by atomic mass is 32.1. The van der Waals surface area contributed by atoms with E-state index in [2.05, 4.69) is 17.9 Å². The molecule has 3 N–H and O–H groups in total. The molecule has 0 aliphatic carbocycles. The SMILES string of the molecule is CN[C@@H](CCS)C(N)=O. The Morgan fingerprint density at radius 3 is 2.56 bits per heavy atom. The molecular formula is C5H12N2OS. The summed E-state index contributed by atoms with van der Waals surface area (Å²) in [6.07, 6.45) is 0.689. The van der Waals surface area contributed by atoms with E-state index in [1.54, 1.807) is 7.05 Å². The van der Waals surface area contributed by atoms with E-state index in [0.29, 0.717) is 12.2 Å². The predicted molar refractivity (Wildman–Crippen MR) is 40.5 cm³/mol. The van der Waals surface area contributed by atoms with Crippen molar-refractivity contribution in [3.63, 3.8) is 0 Å². The quantitative estimate of drug-likeness (QED) is 0.465. The van der Waals surface area contributed by atoms with Crippen LogP contribution in [0.4, 0.5) is 0 Å². The number of rotatable bonds is 4. The van der Waals surface area contributed by atoms with Gasteiger partial charge >= 0.3 is 0 Å². The first kappa shape index (κ1) is 8.78. The molecule has 4 heteroatoms. The number of thiol groups is 1. The van der Waals surface area contributed by atoms with Crippen LogP contribution in [0.15, 0.2) is 0 Å². The van der Waals surface area contributed by atoms with E-state index < -0.39 is 0 Å². The lowest BCUT2D eigenvalue weighted by atomic mass is 10.2. The van der Waals surface area contributed by atoms with Gasteiger partial charge in [0.15, 0.2) is 0 Å². The maximum absolute atomic E-state index is 10.4. The van der Waals surface area contributed by atoms with E-state index in [9.17, 15) is 4.79 Å². The fourth-order valence-corrected chi connectivity index (χ4v) is 0.816. The van der Waals surface area contributed by atoms with Gasteiger partial charge < -0.3 is 11.1 Å². The fourth-order valence-electron chi connectivity index (χ4n) is 0.558. The topological polar surface area (TPSA) is 55.1 Å². The van der Waals surface area contributed by atoms with Crippen LogP contribution >= 0.6 is 12.6 Å². The Hall–Kier alpha value is -0.220. The van der Waals surface area contributed by atoms with Gasteiger partial charge in [0.2, 0.25) is 5.91 Å². The maximum atomic E-state index is 10.4. The zero-order chi connectivity index (χ0) is 7.28. The number of likely N-dealkylation sites (N-methyl/N-ethyl adjacent to an activating group) is 1. The average molecular weight is 148 g/mol. The van der Waals surface area contributed by atoms with Gasteiger partial charge in [0.05, 0.1) is 6.04 Å². The van der Waals surface area contributed by atoms with Gasteiger partial charge in [-0.2, -0.15) is 12.6 Å². The zero-order valence-electron chi connectivity index (χ0n) is 5.42. The average Bonchev–Trinajstić information content (AvgIpc) is 1.82. The molecule has 0 unspecified atom stereocenters. The lowest BCUT2D eigenvalue weighted by Crippen LogP contribution is -2.39. The second kappa shape index (κ2) is 4.64. The Bertz CT molecular complexity index is 97.0. The summed E-state index contributed by atoms with van der Waals surface area (Å²) >= 11 is 3.96. The van der Waals surface area contributed by atoms with E-state index in [0.717, 1.165) is 0 Å². The van der Waals surface area contributed by atoms with Crippen molar-refractivity contribution >= 4 is 18.5 Å². The van der Waals surface area contributed by atoms with Gasteiger partial charge in [-0.15, -0.1) is 0 Å². The number of hydrogen-bond acceptors (Lipinski definition) is 3. The molecule has 0 aliphatic heterocycles. The van der Waals surface area contributed by atoms with E-state index in [1.807, 2.05) is 0 Å². The number of carbonyl (C=O) groups excluding carboxylic acids is 1. The second-order valence-electron chi connectivity index (χ2n) is 1.76. The molecule has 0 heterocycles. The van der Waals surface area contributed by atoms with Gasteiger partial charge in [-0.1, -0.05) is 0 Å². The van der Waals surface area contributed by atoms with Crippen LogP contribution in [0.1, 0.15) is 6.42 Å². The minimum Gasteiger partial charge on any atom is -0.368 e. The highest BCUT2D eigenvalue weighted by Gasteiger charge is 2.09. The third kappa shape index (κ3) is 3.37. The molecule has 54 valence electrons. The smallest absolute Gasteiger partial charge is 0.234 e. The summed E-state index contributed by atoms with van der Waals surface area (Å²) < 4.78 is 0. The Balaban J connectivity index is 3.54. The molecule has 3 nitrogen and oxygen atoms in total. The van der Waals surface area contributed by atoms with Crippen molar-refractivity contribution in [1.29, 1.82) is 0 Å². The molecule has 0 aromatic carbocycles. The maximum Gasteiger partial charge on any atom is 0.234 e. The van der Waals surface area contributed by atoms with Gasteiger partial charge in [0, 0.05) is 0 Å². The van der Waals surface area contributed by atoms with Gasteiger partial charge in [-0.25, -0.2) is 0 Å². The molecule has 1 atom stereocenters. The zero-order valence-corrected chi connectivity index (χ0v) is 6.32. The number of nitrogens with one attached hydrogen (secondary N) is 1. The Morgan fingerprint density at radius 1 is 1.89 bits per heavy atom. The van der Waals surface area contributed by atoms with Crippen molar-refractivity contribution in [3.05, 3.63) is 0 Å². The van der Waals surface area contributed by atoms with E-state index in [-0.39, 0.29) is 11.9 Å². The summed E-state index contributed by atoms with van der Waals surface area (Å²) in [5, 5.41) is 2.78. The minimum absolute atomic E-state index is 0.220. The normalized spacial score (nSPS) is 13.1. The summed E-state index contributed by atoms with van der Waals surface area (Å²) in [5.41, 5.74) is 5.00. The van der Waals surface area contributed by atoms with Crippen LogP contribution in [0.3, 0.4) is 0 Å². The van der Waals surface area contributed by atoms with Gasteiger partial charge in [-0.05, 0) is 19.2 Å². The Morgan fingerprint density at radius 2 is 2.44 bits per heavy atom. The van der Waals surface area contributed by atoms with E-state index >= 15 is 0 Å². The van der Waals surface area contributed by atoms with Crippen molar-refractivity contribution < 1.29 is 4.79 Å². The number of amides is 1. The molecule has 0 bridgehead atoms. The van der Waals surface area contributed by atoms with E-state index in [1.165, 1.54) is 0 Å². The van der Waals surface area contributed by atoms with Crippen molar-refractivity contribution in [3.8, 4) is 0 Å². The summed E-state index contributed by atoms with van der Waals surface area (Å²) in [6, 6.07) is -0.220. The number of nitrogens with two attached hydrogens (primary N) is 1. The summed E-state index contributed by atoms with van der Waals surface area (Å²) in [6.45, 7) is 0. The summed E-state index contributed by atoms with van der Waals surface area (Å²) in [7, 11) is 1.71. The highest BCUT2D eigenvalue weighted by Crippen LogP contribution is 1.90. The van der Waals surface area contributed by atoms with Crippen LogP contribution in [-0.2, 0) is 4.79 Å². The molecule has 9 heavy (non-hydrogen) atoms. The molecule has 0 saturated carbocycles. The van der Waals surface area contributed by atoms with Crippen LogP contribution in [0.5, 0.6) is 0 Å². The lowest BCUT2D eigenvalue weighted by molar-refractivity contribution is -0.119. The van der Waals surface area contributed by atoms with Crippen molar-refractivity contribution in [2.24, 2.45) is 5.73 Å². The van der Waals surface area contributed by atoms with E-state index in [4.69, 9.17) is 5.73 Å². The van der Waals surface area contributed by atoms with Gasteiger partial charge in [0.1, 0.15) is 0 Å². The molecule has 0 aromatic rings. The first-order valence-electron chi connectivity index (χ1n) is 2.79. The first-order valence-corrected chi connectivity index (χ1v) is 3.43. The third-order valence-corrected chi connectivity index (χ3v) is 1.37. The van der Waals surface area contributed by atoms with Crippen LogP contribution in [0.25, 0.3) is 0 Å². The van der Waals surface area contributed by atoms with Gasteiger partial charge in [0.25, 0.3) is 0 Å². The van der Waals surface area contributed by atoms with Crippen molar-refractivity contribution in [2.75, 3.05) is 12.8 Å². The summed E-state index contributed by atoms with van der Waals surface area (Å²) in [4.78, 5) is 10.4. The molecule has 0 aromatic heterocycles. The monoisotopic (exact) mass is 148 g/mol. The second-order valence-corrected chi connectivity index (χ2v) is 2.20. The lowest BCUT2D eigenvalue weighted by Gasteiger charge is -2.08. The standard InChI is InChI=1S/C5H12N2OS/c1-7-4(2-3-9)5(6)8/h4,7,9H,2-3H2,1H3,(H2,6,8)/t4-/m0/s1. The summed E-state index contributed by atoms with van der Waals surface area (Å²) in [5.74, 6) is 0.362. The van der Waals surface area contributed by atoms with Gasteiger partial charge in [-0.3, -0.25) is 4.79 Å². The van der Waals surface area contributed by atoms with Crippen LogP contribution in [0.2, 0.25) is 0 Å². The minimum atomic E-state index is -0.313. The first-order chi connectivity index (χ1) is 4.22. The van der Waals surface area contributed by atoms with Crippen molar-refractivity contribution in [2.45, 2.75) is 12.5 Å². The number of hydrogen-bond donors (Lipinski definition) is 3. The number of carbonyl (C=O) groups is 1. The molecule has 0 aliphatic rings. The largest absolute Gasteiger partial charge is 0.368 e. The Kier molecular flexibility index (Phi) is 4.53. The van der Waals surface area contributed by atoms with Crippen molar-refractivity contribution in [1.82, 2.24) is 5.32 Å². The molecule has 0 fully saturated rings. The number of primary amides is 1. The molecule has 1 amide bonds. The predicted octanol–water partition coefficient (Wildman–Crippen LogP) is -0.620. The fraction of sp³-hybridized carbons (Fsp3) is 0.800. The Labute approximate surface area is 60.4 Å². The molecule has 0 saturated heterocycles. The molecule has 0 radical (unpaired) electrons. The van der Waals surface area contributed by atoms with Crippen LogP contribution < -0.4 is 11.1 Å². The molecule has 0 spiro atoms. The molecule has 0 rings (SSSR count). The van der Waals surface area contributed by atoms with Crippen LogP contribution in [0, 0.1) is 0 Å². The molecular weight excluding hydrogens is 136 g/mol.